The molecule has 23 heavy (non-hydrogen) atoms. The fourth-order valence-electron chi connectivity index (χ4n) is 2.90. The highest BCUT2D eigenvalue weighted by atomic mass is 16.4. The van der Waals surface area contributed by atoms with Gasteiger partial charge in [0.15, 0.2) is 11.7 Å². The Hall–Kier alpha value is -2.14. The van der Waals surface area contributed by atoms with Crippen molar-refractivity contribution in [2.75, 3.05) is 13.1 Å². The molecule has 1 aliphatic rings. The van der Waals surface area contributed by atoms with Crippen molar-refractivity contribution in [3.8, 4) is 11.3 Å². The highest BCUT2D eigenvalue weighted by Gasteiger charge is 2.17. The van der Waals surface area contributed by atoms with Gasteiger partial charge in [0.25, 0.3) is 0 Å². The third-order valence-corrected chi connectivity index (χ3v) is 4.15. The number of piperidine rings is 1. The quantitative estimate of drug-likeness (QED) is 0.890. The summed E-state index contributed by atoms with van der Waals surface area (Å²) in [6.07, 6.45) is 2.95. The molecule has 1 saturated heterocycles. The summed E-state index contributed by atoms with van der Waals surface area (Å²) in [6, 6.07) is 10.2. The molecule has 2 heterocycles. The van der Waals surface area contributed by atoms with Gasteiger partial charge in [-0.3, -0.25) is 4.79 Å². The number of nitrogens with one attached hydrogen (secondary N) is 2. The number of hydrogen-bond acceptors (Lipinski definition) is 4. The Kier molecular flexibility index (Phi) is 5.08. The second kappa shape index (κ2) is 7.42. The van der Waals surface area contributed by atoms with Crippen molar-refractivity contribution in [2.24, 2.45) is 0 Å². The molecule has 1 aromatic heterocycles. The van der Waals surface area contributed by atoms with E-state index >= 15 is 0 Å². The van der Waals surface area contributed by atoms with Gasteiger partial charge >= 0.3 is 0 Å². The molecule has 0 saturated carbocycles. The lowest BCUT2D eigenvalue weighted by Gasteiger charge is -2.23. The van der Waals surface area contributed by atoms with Gasteiger partial charge in [-0.05, 0) is 32.9 Å². The van der Waals surface area contributed by atoms with Gasteiger partial charge in [0.1, 0.15) is 0 Å². The van der Waals surface area contributed by atoms with Crippen LogP contribution in [0.2, 0.25) is 0 Å². The van der Waals surface area contributed by atoms with Crippen LogP contribution in [0.15, 0.2) is 34.7 Å². The van der Waals surface area contributed by atoms with Crippen molar-refractivity contribution in [1.29, 1.82) is 0 Å². The van der Waals surface area contributed by atoms with Gasteiger partial charge in [-0.2, -0.15) is 0 Å². The second-order valence-corrected chi connectivity index (χ2v) is 5.98. The summed E-state index contributed by atoms with van der Waals surface area (Å²) in [7, 11) is 0. The van der Waals surface area contributed by atoms with E-state index in [1.807, 2.05) is 37.3 Å². The van der Waals surface area contributed by atoms with E-state index in [4.69, 9.17) is 4.42 Å². The molecule has 0 spiro atoms. The molecule has 0 radical (unpaired) electrons. The van der Waals surface area contributed by atoms with E-state index in [1.165, 1.54) is 0 Å². The Morgan fingerprint density at radius 3 is 2.78 bits per heavy atom. The molecular formula is C18H23N3O2. The number of nitrogens with zero attached hydrogens (tertiary/aromatic N) is 1. The maximum absolute atomic E-state index is 12.0. The van der Waals surface area contributed by atoms with Crippen LogP contribution < -0.4 is 10.6 Å². The first-order valence-corrected chi connectivity index (χ1v) is 8.24. The molecule has 2 N–H and O–H groups in total. The van der Waals surface area contributed by atoms with Crippen LogP contribution in [0.25, 0.3) is 11.3 Å². The van der Waals surface area contributed by atoms with E-state index in [9.17, 15) is 4.79 Å². The van der Waals surface area contributed by atoms with Crippen LogP contribution in [0, 0.1) is 6.92 Å². The minimum Gasteiger partial charge on any atom is -0.440 e. The second-order valence-electron chi connectivity index (χ2n) is 5.98. The van der Waals surface area contributed by atoms with Gasteiger partial charge in [-0.25, -0.2) is 4.98 Å². The van der Waals surface area contributed by atoms with Gasteiger partial charge in [0.05, 0.1) is 5.69 Å². The zero-order valence-corrected chi connectivity index (χ0v) is 13.5. The molecule has 5 heteroatoms. The normalized spacial score (nSPS) is 15.5. The first-order valence-electron chi connectivity index (χ1n) is 8.24. The van der Waals surface area contributed by atoms with Crippen molar-refractivity contribution in [1.82, 2.24) is 15.6 Å². The zero-order valence-electron chi connectivity index (χ0n) is 13.5. The number of rotatable bonds is 5. The van der Waals surface area contributed by atoms with Crippen LogP contribution in [0.3, 0.4) is 0 Å². The number of aromatic nitrogens is 1. The van der Waals surface area contributed by atoms with Crippen LogP contribution in [-0.4, -0.2) is 30.0 Å². The van der Waals surface area contributed by atoms with E-state index in [0.717, 1.165) is 42.9 Å². The molecule has 5 nitrogen and oxygen atoms in total. The zero-order chi connectivity index (χ0) is 16.1. The van der Waals surface area contributed by atoms with Crippen molar-refractivity contribution in [2.45, 2.75) is 38.6 Å². The summed E-state index contributed by atoms with van der Waals surface area (Å²) in [5.41, 5.74) is 1.88. The van der Waals surface area contributed by atoms with Crippen molar-refractivity contribution >= 4 is 5.91 Å². The van der Waals surface area contributed by atoms with Crippen molar-refractivity contribution < 1.29 is 9.21 Å². The maximum atomic E-state index is 12.0. The summed E-state index contributed by atoms with van der Waals surface area (Å²) in [5, 5.41) is 6.39. The number of aryl methyl sites for hydroxylation is 2. The molecule has 0 atom stereocenters. The van der Waals surface area contributed by atoms with E-state index in [-0.39, 0.29) is 5.91 Å². The molecule has 0 unspecified atom stereocenters. The SMILES string of the molecule is Cc1nc(CCC(=O)NC2CCNCC2)oc1-c1ccccc1. The van der Waals surface area contributed by atoms with E-state index in [2.05, 4.69) is 15.6 Å². The Morgan fingerprint density at radius 2 is 2.04 bits per heavy atom. The fourth-order valence-corrected chi connectivity index (χ4v) is 2.90. The van der Waals surface area contributed by atoms with Crippen LogP contribution in [0.1, 0.15) is 30.8 Å². The molecular weight excluding hydrogens is 290 g/mol. The summed E-state index contributed by atoms with van der Waals surface area (Å²) in [5.74, 6) is 1.50. The summed E-state index contributed by atoms with van der Waals surface area (Å²) in [6.45, 7) is 3.89. The van der Waals surface area contributed by atoms with Crippen LogP contribution in [0.4, 0.5) is 0 Å². The number of carbonyl (C=O) groups excluding carboxylic acids is 1. The van der Waals surface area contributed by atoms with E-state index < -0.39 is 0 Å². The first-order chi connectivity index (χ1) is 11.2. The van der Waals surface area contributed by atoms with Gasteiger partial charge in [0.2, 0.25) is 5.91 Å². The number of carbonyl (C=O) groups is 1. The summed E-state index contributed by atoms with van der Waals surface area (Å²) in [4.78, 5) is 16.5. The Bertz CT molecular complexity index is 646. The monoisotopic (exact) mass is 313 g/mol. The van der Waals surface area contributed by atoms with Crippen LogP contribution in [-0.2, 0) is 11.2 Å². The van der Waals surface area contributed by atoms with Crippen LogP contribution in [0.5, 0.6) is 0 Å². The largest absolute Gasteiger partial charge is 0.440 e. The van der Waals surface area contributed by atoms with E-state index in [0.29, 0.717) is 24.8 Å². The van der Waals surface area contributed by atoms with Gasteiger partial charge < -0.3 is 15.1 Å². The van der Waals surface area contributed by atoms with Crippen molar-refractivity contribution in [3.05, 3.63) is 41.9 Å². The molecule has 0 bridgehead atoms. The average Bonchev–Trinajstić information content (AvgIpc) is 2.96. The molecule has 1 aromatic carbocycles. The number of amides is 1. The minimum atomic E-state index is 0.0778. The third kappa shape index (κ3) is 4.20. The smallest absolute Gasteiger partial charge is 0.220 e. The highest BCUT2D eigenvalue weighted by molar-refractivity contribution is 5.76. The summed E-state index contributed by atoms with van der Waals surface area (Å²) < 4.78 is 5.84. The van der Waals surface area contributed by atoms with Crippen LogP contribution >= 0.6 is 0 Å². The summed E-state index contributed by atoms with van der Waals surface area (Å²) >= 11 is 0. The lowest BCUT2D eigenvalue weighted by atomic mass is 10.1. The average molecular weight is 313 g/mol. The maximum Gasteiger partial charge on any atom is 0.220 e. The van der Waals surface area contributed by atoms with E-state index in [1.54, 1.807) is 0 Å². The fraction of sp³-hybridized carbons (Fsp3) is 0.444. The number of hydrogen-bond donors (Lipinski definition) is 2. The topological polar surface area (TPSA) is 67.2 Å². The number of oxazole rings is 1. The molecule has 1 amide bonds. The minimum absolute atomic E-state index is 0.0778. The van der Waals surface area contributed by atoms with Crippen molar-refractivity contribution in [3.63, 3.8) is 0 Å². The molecule has 1 fully saturated rings. The predicted molar refractivity (Wildman–Crippen MR) is 89.0 cm³/mol. The lowest BCUT2D eigenvalue weighted by molar-refractivity contribution is -0.122. The lowest BCUT2D eigenvalue weighted by Crippen LogP contribution is -2.42. The third-order valence-electron chi connectivity index (χ3n) is 4.15. The predicted octanol–water partition coefficient (Wildman–Crippen LogP) is 2.45. The Labute approximate surface area is 136 Å². The highest BCUT2D eigenvalue weighted by Crippen LogP contribution is 2.24. The Balaban J connectivity index is 1.55. The molecule has 2 aromatic rings. The molecule has 1 aliphatic heterocycles. The van der Waals surface area contributed by atoms with Gasteiger partial charge in [-0.15, -0.1) is 0 Å². The van der Waals surface area contributed by atoms with Gasteiger partial charge in [0, 0.05) is 24.4 Å². The molecule has 3 rings (SSSR count). The molecule has 122 valence electrons. The van der Waals surface area contributed by atoms with Gasteiger partial charge in [-0.1, -0.05) is 30.3 Å². The standard InChI is InChI=1S/C18H23N3O2/c1-13-18(14-5-3-2-4-6-14)23-17(20-13)8-7-16(22)21-15-9-11-19-12-10-15/h2-6,15,19H,7-12H2,1H3,(H,21,22). The first kappa shape index (κ1) is 15.7. The molecule has 0 aliphatic carbocycles. The Morgan fingerprint density at radius 1 is 1.30 bits per heavy atom. The number of benzene rings is 1.